The van der Waals surface area contributed by atoms with Gasteiger partial charge in [0.25, 0.3) is 0 Å². The smallest absolute Gasteiger partial charge is 0.335 e. The van der Waals surface area contributed by atoms with Crippen LogP contribution >= 0.6 is 0 Å². The van der Waals surface area contributed by atoms with Gasteiger partial charge < -0.3 is 10.0 Å². The highest BCUT2D eigenvalue weighted by Gasteiger charge is 2.11. The van der Waals surface area contributed by atoms with Crippen molar-refractivity contribution in [3.63, 3.8) is 0 Å². The van der Waals surface area contributed by atoms with Crippen LogP contribution in [0.15, 0.2) is 36.5 Å². The third-order valence-electron chi connectivity index (χ3n) is 3.05. The van der Waals surface area contributed by atoms with E-state index in [2.05, 4.69) is 11.1 Å². The molecule has 4 nitrogen and oxygen atoms in total. The van der Waals surface area contributed by atoms with Crippen molar-refractivity contribution in [2.75, 3.05) is 11.9 Å². The first-order valence-corrected chi connectivity index (χ1v) is 5.99. The van der Waals surface area contributed by atoms with Crippen molar-refractivity contribution in [1.29, 1.82) is 0 Å². The van der Waals surface area contributed by atoms with Crippen molar-refractivity contribution >= 4 is 17.5 Å². The van der Waals surface area contributed by atoms with Gasteiger partial charge in [0, 0.05) is 18.9 Å². The van der Waals surface area contributed by atoms with Gasteiger partial charge >= 0.3 is 5.97 Å². The Morgan fingerprint density at radius 2 is 1.95 bits per heavy atom. The fraction of sp³-hybridized carbons (Fsp3) is 0.200. The fourth-order valence-corrected chi connectivity index (χ4v) is 2.04. The summed E-state index contributed by atoms with van der Waals surface area (Å²) in [6.07, 6.45) is 1.51. The predicted octanol–water partition coefficient (Wildman–Crippen LogP) is 3.16. The standard InChI is InChI=1S/C15H16N2O2/c1-10-4-5-13(11(2)8-10)17(3)14-9-12(15(18)19)6-7-16-14/h4-9H,1-3H3,(H,18,19). The molecule has 0 bridgehead atoms. The van der Waals surface area contributed by atoms with Crippen LogP contribution in [0.1, 0.15) is 21.5 Å². The number of pyridine rings is 1. The minimum Gasteiger partial charge on any atom is -0.478 e. The molecule has 4 heteroatoms. The number of carboxylic acids is 1. The molecule has 2 rings (SSSR count). The number of aromatic nitrogens is 1. The van der Waals surface area contributed by atoms with E-state index >= 15 is 0 Å². The minimum atomic E-state index is -0.947. The van der Waals surface area contributed by atoms with Gasteiger partial charge in [-0.15, -0.1) is 0 Å². The van der Waals surface area contributed by atoms with E-state index in [1.165, 1.54) is 17.8 Å². The van der Waals surface area contributed by atoms with Crippen LogP contribution in [-0.4, -0.2) is 23.1 Å². The van der Waals surface area contributed by atoms with Gasteiger partial charge in [0.05, 0.1) is 5.56 Å². The molecule has 0 amide bonds. The molecule has 0 spiro atoms. The van der Waals surface area contributed by atoms with E-state index in [9.17, 15) is 4.79 Å². The Morgan fingerprint density at radius 1 is 1.21 bits per heavy atom. The number of aryl methyl sites for hydroxylation is 2. The van der Waals surface area contributed by atoms with Gasteiger partial charge in [0.1, 0.15) is 5.82 Å². The molecule has 1 N–H and O–H groups in total. The average molecular weight is 256 g/mol. The minimum absolute atomic E-state index is 0.238. The molecule has 1 aromatic heterocycles. The van der Waals surface area contributed by atoms with E-state index in [0.717, 1.165) is 11.3 Å². The first-order valence-electron chi connectivity index (χ1n) is 5.99. The van der Waals surface area contributed by atoms with Gasteiger partial charge in [0.2, 0.25) is 0 Å². The lowest BCUT2D eigenvalue weighted by Gasteiger charge is -2.21. The second-order valence-corrected chi connectivity index (χ2v) is 4.56. The molecular weight excluding hydrogens is 240 g/mol. The number of rotatable bonds is 3. The maximum absolute atomic E-state index is 11.0. The fourth-order valence-electron chi connectivity index (χ4n) is 2.04. The molecule has 0 atom stereocenters. The van der Waals surface area contributed by atoms with Crippen molar-refractivity contribution in [1.82, 2.24) is 4.98 Å². The lowest BCUT2D eigenvalue weighted by Crippen LogP contribution is -2.13. The molecule has 0 aliphatic heterocycles. The van der Waals surface area contributed by atoms with Crippen LogP contribution in [0.25, 0.3) is 0 Å². The molecule has 0 saturated carbocycles. The normalized spacial score (nSPS) is 10.3. The molecule has 0 fully saturated rings. The van der Waals surface area contributed by atoms with E-state index in [4.69, 9.17) is 5.11 Å². The molecule has 98 valence electrons. The van der Waals surface area contributed by atoms with Crippen molar-refractivity contribution in [3.05, 3.63) is 53.2 Å². The van der Waals surface area contributed by atoms with Gasteiger partial charge in [-0.1, -0.05) is 17.7 Å². The molecule has 2 aromatic rings. The zero-order valence-electron chi connectivity index (χ0n) is 11.2. The zero-order chi connectivity index (χ0) is 14.0. The molecule has 0 aliphatic carbocycles. The number of benzene rings is 1. The Hall–Kier alpha value is -2.36. The summed E-state index contributed by atoms with van der Waals surface area (Å²) >= 11 is 0. The zero-order valence-corrected chi connectivity index (χ0v) is 11.2. The second kappa shape index (κ2) is 5.10. The molecule has 19 heavy (non-hydrogen) atoms. The summed E-state index contributed by atoms with van der Waals surface area (Å²) in [4.78, 5) is 17.1. The van der Waals surface area contributed by atoms with Crippen LogP contribution in [0.3, 0.4) is 0 Å². The highest BCUT2D eigenvalue weighted by Crippen LogP contribution is 2.26. The van der Waals surface area contributed by atoms with Crippen LogP contribution in [0.4, 0.5) is 11.5 Å². The first kappa shape index (κ1) is 13.1. The van der Waals surface area contributed by atoms with Gasteiger partial charge in [-0.25, -0.2) is 9.78 Å². The molecule has 0 radical (unpaired) electrons. The summed E-state index contributed by atoms with van der Waals surface area (Å²) < 4.78 is 0. The number of aromatic carboxylic acids is 1. The molecule has 0 aliphatic rings. The molecular formula is C15H16N2O2. The van der Waals surface area contributed by atoms with Gasteiger partial charge in [0.15, 0.2) is 0 Å². The predicted molar refractivity (Wildman–Crippen MR) is 75.2 cm³/mol. The molecule has 0 unspecified atom stereocenters. The Balaban J connectivity index is 2.41. The topological polar surface area (TPSA) is 53.4 Å². The summed E-state index contributed by atoms with van der Waals surface area (Å²) in [5.74, 6) is -0.329. The van der Waals surface area contributed by atoms with Crippen LogP contribution in [-0.2, 0) is 0 Å². The van der Waals surface area contributed by atoms with Crippen molar-refractivity contribution in [3.8, 4) is 0 Å². The Kier molecular flexibility index (Phi) is 3.51. The van der Waals surface area contributed by atoms with Crippen LogP contribution in [0.5, 0.6) is 0 Å². The summed E-state index contributed by atoms with van der Waals surface area (Å²) in [6.45, 7) is 4.07. The molecule has 1 aromatic carbocycles. The summed E-state index contributed by atoms with van der Waals surface area (Å²) in [7, 11) is 1.88. The number of nitrogens with zero attached hydrogens (tertiary/aromatic N) is 2. The lowest BCUT2D eigenvalue weighted by atomic mass is 10.1. The van der Waals surface area contributed by atoms with Crippen molar-refractivity contribution < 1.29 is 9.90 Å². The number of carbonyl (C=O) groups is 1. The van der Waals surface area contributed by atoms with E-state index in [0.29, 0.717) is 5.82 Å². The van der Waals surface area contributed by atoms with E-state index in [1.54, 1.807) is 6.07 Å². The lowest BCUT2D eigenvalue weighted by molar-refractivity contribution is 0.0697. The number of hydrogen-bond donors (Lipinski definition) is 1. The third-order valence-corrected chi connectivity index (χ3v) is 3.05. The third kappa shape index (κ3) is 2.73. The van der Waals surface area contributed by atoms with Crippen LogP contribution in [0, 0.1) is 13.8 Å². The maximum Gasteiger partial charge on any atom is 0.335 e. The van der Waals surface area contributed by atoms with Gasteiger partial charge in [-0.2, -0.15) is 0 Å². The quantitative estimate of drug-likeness (QED) is 0.916. The van der Waals surface area contributed by atoms with E-state index < -0.39 is 5.97 Å². The summed E-state index contributed by atoms with van der Waals surface area (Å²) in [6, 6.07) is 9.19. The van der Waals surface area contributed by atoms with Crippen LogP contribution < -0.4 is 4.90 Å². The Bertz CT molecular complexity index is 623. The average Bonchev–Trinajstić information content (AvgIpc) is 2.38. The molecule has 0 saturated heterocycles. The molecule has 1 heterocycles. The summed E-state index contributed by atoms with van der Waals surface area (Å²) in [5.41, 5.74) is 3.58. The first-order chi connectivity index (χ1) is 8.99. The highest BCUT2D eigenvalue weighted by atomic mass is 16.4. The highest BCUT2D eigenvalue weighted by molar-refractivity contribution is 5.88. The van der Waals surface area contributed by atoms with E-state index in [-0.39, 0.29) is 5.56 Å². The Labute approximate surface area is 112 Å². The number of hydrogen-bond acceptors (Lipinski definition) is 3. The number of anilines is 2. The number of carboxylic acid groups (broad SMARTS) is 1. The Morgan fingerprint density at radius 3 is 2.58 bits per heavy atom. The van der Waals surface area contributed by atoms with Crippen LogP contribution in [0.2, 0.25) is 0 Å². The van der Waals surface area contributed by atoms with Gasteiger partial charge in [-0.3, -0.25) is 0 Å². The maximum atomic E-state index is 11.0. The SMILES string of the molecule is Cc1ccc(N(C)c2cc(C(=O)O)ccn2)c(C)c1. The van der Waals surface area contributed by atoms with Crippen molar-refractivity contribution in [2.24, 2.45) is 0 Å². The van der Waals surface area contributed by atoms with E-state index in [1.807, 2.05) is 37.9 Å². The largest absolute Gasteiger partial charge is 0.478 e. The summed E-state index contributed by atoms with van der Waals surface area (Å²) in [5, 5.41) is 9.01. The van der Waals surface area contributed by atoms with Crippen molar-refractivity contribution in [2.45, 2.75) is 13.8 Å². The monoisotopic (exact) mass is 256 g/mol. The second-order valence-electron chi connectivity index (χ2n) is 4.56. The van der Waals surface area contributed by atoms with Gasteiger partial charge in [-0.05, 0) is 37.6 Å².